The van der Waals surface area contributed by atoms with Crippen LogP contribution in [0.2, 0.25) is 0 Å². The number of nitrogens with zero attached hydrogens (tertiary/aromatic N) is 2. The highest BCUT2D eigenvalue weighted by atomic mass is 32.1. The zero-order valence-corrected chi connectivity index (χ0v) is 12.5. The van der Waals surface area contributed by atoms with Crippen LogP contribution < -0.4 is 11.1 Å². The molecule has 2 aromatic heterocycles. The average Bonchev–Trinajstić information content (AvgIpc) is 3.01. The Morgan fingerprint density at radius 1 is 1.43 bits per heavy atom. The number of hydrogen-bond acceptors (Lipinski definition) is 6. The van der Waals surface area contributed by atoms with Gasteiger partial charge in [0.05, 0.1) is 28.1 Å². The summed E-state index contributed by atoms with van der Waals surface area (Å²) < 4.78 is 1.12. The van der Waals surface area contributed by atoms with Crippen molar-refractivity contribution in [3.63, 3.8) is 0 Å². The first-order chi connectivity index (χ1) is 10.2. The number of nitrogens with two attached hydrogens (primary N) is 1. The molecule has 0 saturated carbocycles. The Labute approximate surface area is 126 Å². The molecule has 21 heavy (non-hydrogen) atoms. The van der Waals surface area contributed by atoms with Crippen molar-refractivity contribution >= 4 is 27.4 Å². The van der Waals surface area contributed by atoms with Crippen LogP contribution in [0.3, 0.4) is 0 Å². The van der Waals surface area contributed by atoms with Crippen LogP contribution in [0, 0.1) is 6.92 Å². The summed E-state index contributed by atoms with van der Waals surface area (Å²) in [5.41, 5.74) is 9.79. The van der Waals surface area contributed by atoms with Crippen molar-refractivity contribution in [2.45, 2.75) is 13.5 Å². The second kappa shape index (κ2) is 5.80. The molecule has 0 atom stereocenters. The van der Waals surface area contributed by atoms with E-state index in [0.717, 1.165) is 33.0 Å². The van der Waals surface area contributed by atoms with Gasteiger partial charge in [-0.05, 0) is 24.6 Å². The molecule has 0 saturated heterocycles. The second-order valence-electron chi connectivity index (χ2n) is 4.82. The fourth-order valence-corrected chi connectivity index (χ4v) is 3.36. The predicted octanol–water partition coefficient (Wildman–Crippen LogP) is 1.66. The van der Waals surface area contributed by atoms with Crippen LogP contribution in [0.25, 0.3) is 20.8 Å². The van der Waals surface area contributed by atoms with E-state index in [0.29, 0.717) is 12.4 Å². The predicted molar refractivity (Wildman–Crippen MR) is 85.1 cm³/mol. The number of aryl methyl sites for hydroxylation is 1. The molecule has 0 spiro atoms. The van der Waals surface area contributed by atoms with E-state index in [9.17, 15) is 0 Å². The number of hydrogen-bond donors (Lipinski definition) is 4. The van der Waals surface area contributed by atoms with Gasteiger partial charge < -0.3 is 16.2 Å². The molecular weight excluding hydrogens is 286 g/mol. The van der Waals surface area contributed by atoms with Gasteiger partial charge in [0.1, 0.15) is 10.8 Å². The van der Waals surface area contributed by atoms with Gasteiger partial charge in [0.2, 0.25) is 0 Å². The highest BCUT2D eigenvalue weighted by Gasteiger charge is 2.14. The molecule has 7 heteroatoms. The molecule has 0 radical (unpaired) electrons. The van der Waals surface area contributed by atoms with Crippen LogP contribution in [-0.2, 0) is 6.54 Å². The first-order valence-electron chi connectivity index (χ1n) is 6.71. The van der Waals surface area contributed by atoms with Crippen LogP contribution in [0.5, 0.6) is 0 Å². The number of anilines is 1. The van der Waals surface area contributed by atoms with E-state index in [1.54, 1.807) is 11.3 Å². The first-order valence-corrected chi connectivity index (χ1v) is 7.52. The third-order valence-corrected chi connectivity index (χ3v) is 4.30. The summed E-state index contributed by atoms with van der Waals surface area (Å²) in [6.45, 7) is 3.39. The van der Waals surface area contributed by atoms with Gasteiger partial charge in [0.15, 0.2) is 0 Å². The summed E-state index contributed by atoms with van der Waals surface area (Å²) in [4.78, 5) is 4.63. The molecule has 110 valence electrons. The van der Waals surface area contributed by atoms with E-state index in [4.69, 9.17) is 10.8 Å². The SMILES string of the molecule is Cc1n[nH]c(N)c1-c1nc2ccc(CNCCO)cc2s1. The zero-order chi connectivity index (χ0) is 14.8. The molecule has 0 unspecified atom stereocenters. The Morgan fingerprint density at radius 2 is 2.29 bits per heavy atom. The van der Waals surface area contributed by atoms with E-state index in [1.807, 2.05) is 19.1 Å². The number of aromatic nitrogens is 3. The van der Waals surface area contributed by atoms with Crippen LogP contribution in [0.15, 0.2) is 18.2 Å². The number of aromatic amines is 1. The van der Waals surface area contributed by atoms with Crippen LogP contribution >= 0.6 is 11.3 Å². The van der Waals surface area contributed by atoms with E-state index in [2.05, 4.69) is 26.6 Å². The van der Waals surface area contributed by atoms with Gasteiger partial charge in [-0.15, -0.1) is 11.3 Å². The summed E-state index contributed by atoms with van der Waals surface area (Å²) in [6, 6.07) is 6.17. The van der Waals surface area contributed by atoms with Crippen LogP contribution in [0.4, 0.5) is 5.82 Å². The first kappa shape index (κ1) is 14.0. The van der Waals surface area contributed by atoms with Crippen molar-refractivity contribution in [1.82, 2.24) is 20.5 Å². The number of nitrogens with one attached hydrogen (secondary N) is 2. The number of nitrogen functional groups attached to an aromatic ring is 1. The van der Waals surface area contributed by atoms with Crippen molar-refractivity contribution < 1.29 is 5.11 Å². The lowest BCUT2D eigenvalue weighted by atomic mass is 10.2. The Bertz CT molecular complexity index is 744. The molecule has 0 aliphatic heterocycles. The van der Waals surface area contributed by atoms with Gasteiger partial charge in [-0.2, -0.15) is 5.10 Å². The van der Waals surface area contributed by atoms with Gasteiger partial charge in [-0.3, -0.25) is 5.10 Å². The summed E-state index contributed by atoms with van der Waals surface area (Å²) >= 11 is 1.61. The number of benzene rings is 1. The fraction of sp³-hybridized carbons (Fsp3) is 0.286. The van der Waals surface area contributed by atoms with Gasteiger partial charge in [0.25, 0.3) is 0 Å². The third kappa shape index (κ3) is 2.76. The van der Waals surface area contributed by atoms with Gasteiger partial charge in [-0.25, -0.2) is 4.98 Å². The van der Waals surface area contributed by atoms with Crippen molar-refractivity contribution in [3.8, 4) is 10.6 Å². The van der Waals surface area contributed by atoms with E-state index < -0.39 is 0 Å². The lowest BCUT2D eigenvalue weighted by molar-refractivity contribution is 0.292. The largest absolute Gasteiger partial charge is 0.395 e. The Balaban J connectivity index is 1.93. The Morgan fingerprint density at radius 3 is 3.00 bits per heavy atom. The summed E-state index contributed by atoms with van der Waals surface area (Å²) in [7, 11) is 0. The molecule has 0 aliphatic rings. The normalized spacial score (nSPS) is 11.3. The van der Waals surface area contributed by atoms with Gasteiger partial charge in [0, 0.05) is 13.1 Å². The quantitative estimate of drug-likeness (QED) is 0.537. The van der Waals surface area contributed by atoms with Gasteiger partial charge >= 0.3 is 0 Å². The minimum Gasteiger partial charge on any atom is -0.395 e. The lowest BCUT2D eigenvalue weighted by Gasteiger charge is -2.02. The molecule has 6 nitrogen and oxygen atoms in total. The van der Waals surface area contributed by atoms with E-state index >= 15 is 0 Å². The zero-order valence-electron chi connectivity index (χ0n) is 11.7. The molecule has 2 heterocycles. The molecule has 3 rings (SSSR count). The lowest BCUT2D eigenvalue weighted by Crippen LogP contribution is -2.17. The van der Waals surface area contributed by atoms with Crippen molar-refractivity contribution in [2.75, 3.05) is 18.9 Å². The highest BCUT2D eigenvalue weighted by molar-refractivity contribution is 7.21. The number of rotatable bonds is 5. The number of aliphatic hydroxyl groups is 1. The van der Waals surface area contributed by atoms with Crippen molar-refractivity contribution in [3.05, 3.63) is 29.5 Å². The fourth-order valence-electron chi connectivity index (χ4n) is 2.22. The maximum atomic E-state index is 8.79. The number of aliphatic hydroxyl groups excluding tert-OH is 1. The van der Waals surface area contributed by atoms with Crippen molar-refractivity contribution in [2.24, 2.45) is 0 Å². The Hall–Kier alpha value is -1.96. The van der Waals surface area contributed by atoms with Crippen LogP contribution in [0.1, 0.15) is 11.3 Å². The maximum Gasteiger partial charge on any atom is 0.130 e. The van der Waals surface area contributed by atoms with Crippen LogP contribution in [-0.4, -0.2) is 33.4 Å². The molecule has 3 aromatic rings. The number of fused-ring (bicyclic) bond motifs is 1. The van der Waals surface area contributed by atoms with Gasteiger partial charge in [-0.1, -0.05) is 6.07 Å². The summed E-state index contributed by atoms with van der Waals surface area (Å²) in [6.07, 6.45) is 0. The standard InChI is InChI=1S/C14H17N5OS/c1-8-12(13(15)19-18-8)14-17-10-3-2-9(6-11(10)21-14)7-16-4-5-20/h2-3,6,16,20H,4-5,7H2,1H3,(H3,15,18,19). The second-order valence-corrected chi connectivity index (χ2v) is 5.85. The van der Waals surface area contributed by atoms with E-state index in [-0.39, 0.29) is 6.61 Å². The summed E-state index contributed by atoms with van der Waals surface area (Å²) in [5.74, 6) is 0.552. The highest BCUT2D eigenvalue weighted by Crippen LogP contribution is 2.34. The van der Waals surface area contributed by atoms with Crippen molar-refractivity contribution in [1.29, 1.82) is 0 Å². The third-order valence-electron chi connectivity index (χ3n) is 3.26. The molecule has 0 fully saturated rings. The minimum absolute atomic E-state index is 0.145. The maximum absolute atomic E-state index is 8.79. The molecule has 0 bridgehead atoms. The topological polar surface area (TPSA) is 99.9 Å². The number of H-pyrrole nitrogens is 1. The molecule has 0 aliphatic carbocycles. The smallest absolute Gasteiger partial charge is 0.130 e. The molecule has 5 N–H and O–H groups in total. The molecule has 0 amide bonds. The molecule has 1 aromatic carbocycles. The van der Waals surface area contributed by atoms with E-state index in [1.165, 1.54) is 5.56 Å². The molecular formula is C14H17N5OS. The average molecular weight is 303 g/mol. The summed E-state index contributed by atoms with van der Waals surface area (Å²) in [5, 5.41) is 19.7. The number of thiazole rings is 1. The minimum atomic E-state index is 0.145. The monoisotopic (exact) mass is 303 g/mol. The Kier molecular flexibility index (Phi) is 3.87.